The second-order valence-electron chi connectivity index (χ2n) is 11.3. The number of pyridine rings is 3. The molecule has 9 aromatic rings. The van der Waals surface area contributed by atoms with Crippen molar-refractivity contribution in [3.63, 3.8) is 0 Å². The normalized spacial score (nSPS) is 11.5. The minimum atomic E-state index is 0.688. The summed E-state index contributed by atoms with van der Waals surface area (Å²) < 4.78 is 0. The zero-order valence-electron chi connectivity index (χ0n) is 24.7. The van der Waals surface area contributed by atoms with Gasteiger partial charge in [0.25, 0.3) is 0 Å². The van der Waals surface area contributed by atoms with Crippen LogP contribution in [0.15, 0.2) is 152 Å². The minimum absolute atomic E-state index is 0.688. The van der Waals surface area contributed by atoms with Gasteiger partial charge in [-0.05, 0) is 24.3 Å². The van der Waals surface area contributed by atoms with Crippen molar-refractivity contribution < 1.29 is 0 Å². The molecule has 5 heteroatoms. The molecular weight excluding hydrogens is 562 g/mol. The molecule has 5 aromatic carbocycles. The molecule has 0 radical (unpaired) electrons. The summed E-state index contributed by atoms with van der Waals surface area (Å²) in [4.78, 5) is 25.0. The Bertz CT molecular complexity index is 2520. The van der Waals surface area contributed by atoms with Crippen molar-refractivity contribution in [1.82, 2.24) is 24.9 Å². The molecule has 0 aliphatic heterocycles. The Hall–Kier alpha value is -6.33. The number of fused-ring (bicyclic) bond motifs is 7. The van der Waals surface area contributed by atoms with Gasteiger partial charge in [-0.15, -0.1) is 0 Å². The van der Waals surface area contributed by atoms with E-state index in [1.165, 1.54) is 0 Å². The van der Waals surface area contributed by atoms with Gasteiger partial charge in [-0.3, -0.25) is 9.97 Å². The summed E-state index contributed by atoms with van der Waals surface area (Å²) in [5, 5.41) is 5.29. The lowest BCUT2D eigenvalue weighted by Crippen LogP contribution is -1.96. The van der Waals surface area contributed by atoms with E-state index in [2.05, 4.69) is 78.9 Å². The molecule has 0 aliphatic rings. The average Bonchev–Trinajstić information content (AvgIpc) is 3.14. The van der Waals surface area contributed by atoms with Gasteiger partial charge in [0.1, 0.15) is 0 Å². The lowest BCUT2D eigenvalue weighted by Gasteiger charge is -2.14. The van der Waals surface area contributed by atoms with Crippen LogP contribution < -0.4 is 0 Å². The summed E-state index contributed by atoms with van der Waals surface area (Å²) in [5.41, 5.74) is 9.32. The van der Waals surface area contributed by atoms with Gasteiger partial charge in [0, 0.05) is 61.6 Å². The van der Waals surface area contributed by atoms with Gasteiger partial charge in [0.15, 0.2) is 5.82 Å². The van der Waals surface area contributed by atoms with Crippen LogP contribution in [0.4, 0.5) is 0 Å². The maximum absolute atomic E-state index is 5.29. The van der Waals surface area contributed by atoms with E-state index >= 15 is 0 Å². The summed E-state index contributed by atoms with van der Waals surface area (Å²) in [6.07, 6.45) is 3.80. The standard InChI is InChI=1S/C41H25N5/c1-3-11-26(12-4-1)35-24-36(46-41(45-35)28-13-5-2-6-14-28)29-15-9-16-30(23-29)38-37-32-21-20-27-17-10-22-42-39(27)40(32)43-25-33(37)31-18-7-8-19-34(31)44-38/h1-25H. The third-order valence-electron chi connectivity index (χ3n) is 8.53. The Morgan fingerprint density at radius 2 is 1.13 bits per heavy atom. The van der Waals surface area contributed by atoms with Crippen LogP contribution in [0.3, 0.4) is 0 Å². The highest BCUT2D eigenvalue weighted by Gasteiger charge is 2.17. The van der Waals surface area contributed by atoms with Gasteiger partial charge < -0.3 is 0 Å². The van der Waals surface area contributed by atoms with Gasteiger partial charge in [0.2, 0.25) is 0 Å². The predicted molar refractivity (Wildman–Crippen MR) is 187 cm³/mol. The second kappa shape index (κ2) is 10.7. The fraction of sp³-hybridized carbons (Fsp3) is 0. The van der Waals surface area contributed by atoms with Crippen LogP contribution >= 0.6 is 0 Å². The van der Waals surface area contributed by atoms with Crippen LogP contribution in [0.25, 0.3) is 88.6 Å². The SMILES string of the molecule is c1ccc(-c2cc(-c3cccc(-c4nc5ccccc5c5cnc6c(ccc7cccnc76)c45)c3)nc(-c3ccccc3)n2)cc1. The molecule has 0 fully saturated rings. The molecule has 0 saturated carbocycles. The van der Waals surface area contributed by atoms with Crippen molar-refractivity contribution >= 4 is 43.5 Å². The van der Waals surface area contributed by atoms with E-state index in [9.17, 15) is 0 Å². The number of para-hydroxylation sites is 1. The number of hydrogen-bond acceptors (Lipinski definition) is 5. The zero-order chi connectivity index (χ0) is 30.5. The van der Waals surface area contributed by atoms with E-state index in [4.69, 9.17) is 24.9 Å². The predicted octanol–water partition coefficient (Wildman–Crippen LogP) is 9.94. The van der Waals surface area contributed by atoms with Crippen LogP contribution in [0.2, 0.25) is 0 Å². The van der Waals surface area contributed by atoms with Crippen molar-refractivity contribution in [3.8, 4) is 45.2 Å². The molecule has 0 N–H and O–H groups in total. The average molecular weight is 588 g/mol. The molecule has 0 spiro atoms. The molecule has 4 heterocycles. The molecule has 0 saturated heterocycles. The first-order valence-corrected chi connectivity index (χ1v) is 15.3. The number of rotatable bonds is 4. The van der Waals surface area contributed by atoms with E-state index in [1.807, 2.05) is 73.1 Å². The first kappa shape index (κ1) is 26.1. The third-order valence-corrected chi connectivity index (χ3v) is 8.53. The summed E-state index contributed by atoms with van der Waals surface area (Å²) >= 11 is 0. The Labute approximate surface area is 264 Å². The number of nitrogens with zero attached hydrogens (tertiary/aromatic N) is 5. The molecule has 0 unspecified atom stereocenters. The molecule has 0 aliphatic carbocycles. The lowest BCUT2D eigenvalue weighted by molar-refractivity contribution is 1.18. The van der Waals surface area contributed by atoms with Crippen molar-refractivity contribution in [3.05, 3.63) is 152 Å². The molecule has 0 atom stereocenters. The van der Waals surface area contributed by atoms with Crippen LogP contribution in [0.5, 0.6) is 0 Å². The first-order valence-electron chi connectivity index (χ1n) is 15.3. The van der Waals surface area contributed by atoms with Crippen molar-refractivity contribution in [2.45, 2.75) is 0 Å². The van der Waals surface area contributed by atoms with Crippen LogP contribution in [0, 0.1) is 0 Å². The Balaban J connectivity index is 1.30. The molecule has 0 bridgehead atoms. The molecule has 4 aromatic heterocycles. The van der Waals surface area contributed by atoms with E-state index in [0.29, 0.717) is 5.82 Å². The van der Waals surface area contributed by atoms with Gasteiger partial charge in [-0.2, -0.15) is 0 Å². The highest BCUT2D eigenvalue weighted by atomic mass is 14.9. The van der Waals surface area contributed by atoms with Crippen molar-refractivity contribution in [2.24, 2.45) is 0 Å². The van der Waals surface area contributed by atoms with Crippen LogP contribution in [-0.2, 0) is 0 Å². The minimum Gasteiger partial charge on any atom is -0.254 e. The maximum Gasteiger partial charge on any atom is 0.160 e. The van der Waals surface area contributed by atoms with Gasteiger partial charge in [-0.1, -0.05) is 115 Å². The summed E-state index contributed by atoms with van der Waals surface area (Å²) in [7, 11) is 0. The third kappa shape index (κ3) is 4.37. The van der Waals surface area contributed by atoms with E-state index in [1.54, 1.807) is 0 Å². The lowest BCUT2D eigenvalue weighted by atomic mass is 9.95. The van der Waals surface area contributed by atoms with Gasteiger partial charge >= 0.3 is 0 Å². The van der Waals surface area contributed by atoms with E-state index in [-0.39, 0.29) is 0 Å². The fourth-order valence-electron chi connectivity index (χ4n) is 6.34. The Kier molecular flexibility index (Phi) is 6.06. The second-order valence-corrected chi connectivity index (χ2v) is 11.3. The quantitative estimate of drug-likeness (QED) is 0.192. The Morgan fingerprint density at radius 3 is 1.98 bits per heavy atom. The summed E-state index contributed by atoms with van der Waals surface area (Å²) in [5.74, 6) is 0.688. The van der Waals surface area contributed by atoms with Crippen LogP contribution in [-0.4, -0.2) is 24.9 Å². The Morgan fingerprint density at radius 1 is 0.413 bits per heavy atom. The molecule has 9 rings (SSSR count). The smallest absolute Gasteiger partial charge is 0.160 e. The van der Waals surface area contributed by atoms with Gasteiger partial charge in [0.05, 0.1) is 33.6 Å². The fourth-order valence-corrected chi connectivity index (χ4v) is 6.34. The topological polar surface area (TPSA) is 64.5 Å². The van der Waals surface area contributed by atoms with Crippen LogP contribution in [0.1, 0.15) is 0 Å². The highest BCUT2D eigenvalue weighted by Crippen LogP contribution is 2.39. The molecule has 46 heavy (non-hydrogen) atoms. The molecule has 5 nitrogen and oxygen atoms in total. The maximum atomic E-state index is 5.29. The molecule has 0 amide bonds. The van der Waals surface area contributed by atoms with E-state index < -0.39 is 0 Å². The molecular formula is C41H25N5. The molecule has 214 valence electrons. The number of aromatic nitrogens is 5. The summed E-state index contributed by atoms with van der Waals surface area (Å²) in [6, 6.07) is 47.6. The number of benzene rings is 5. The number of hydrogen-bond donors (Lipinski definition) is 0. The van der Waals surface area contributed by atoms with Gasteiger partial charge in [-0.25, -0.2) is 15.0 Å². The van der Waals surface area contributed by atoms with Crippen molar-refractivity contribution in [2.75, 3.05) is 0 Å². The zero-order valence-corrected chi connectivity index (χ0v) is 24.7. The van der Waals surface area contributed by atoms with E-state index in [0.717, 1.165) is 82.8 Å². The van der Waals surface area contributed by atoms with Crippen molar-refractivity contribution in [1.29, 1.82) is 0 Å². The largest absolute Gasteiger partial charge is 0.254 e. The monoisotopic (exact) mass is 587 g/mol. The summed E-state index contributed by atoms with van der Waals surface area (Å²) in [6.45, 7) is 0. The highest BCUT2D eigenvalue weighted by molar-refractivity contribution is 6.23. The first-order chi connectivity index (χ1) is 22.8.